The number of hydrogen-bond acceptors (Lipinski definition) is 5. The molecule has 1 saturated heterocycles. The van der Waals surface area contributed by atoms with E-state index in [1.807, 2.05) is 31.2 Å². The van der Waals surface area contributed by atoms with Crippen molar-refractivity contribution in [2.45, 2.75) is 51.9 Å². The van der Waals surface area contributed by atoms with E-state index in [4.69, 9.17) is 9.47 Å². The maximum atomic E-state index is 11.6. The number of carbonyl (C=O) groups excluding carboxylic acids is 1. The predicted molar refractivity (Wildman–Crippen MR) is 100 cm³/mol. The maximum absolute atomic E-state index is 11.6. The molecule has 0 aromatic heterocycles. The van der Waals surface area contributed by atoms with E-state index in [9.17, 15) is 9.90 Å². The average Bonchev–Trinajstić information content (AvgIpc) is 3.05. The SMILES string of the molecule is CCO[C@@H]1C[C@](O)(CN[C@@H](C)c2ccc(N3CCOC3=O)cc2)C1(C)C. The third-order valence-electron chi connectivity index (χ3n) is 6.06. The molecule has 0 spiro atoms. The molecule has 1 aliphatic carbocycles. The van der Waals surface area contributed by atoms with Crippen molar-refractivity contribution >= 4 is 11.8 Å². The number of anilines is 1. The van der Waals surface area contributed by atoms with Crippen molar-refractivity contribution in [1.82, 2.24) is 5.32 Å². The smallest absolute Gasteiger partial charge is 0.414 e. The number of carbonyl (C=O) groups is 1. The minimum absolute atomic E-state index is 0.0977. The van der Waals surface area contributed by atoms with Crippen LogP contribution in [0.1, 0.15) is 45.7 Å². The molecule has 1 aromatic carbocycles. The number of rotatable bonds is 7. The van der Waals surface area contributed by atoms with E-state index in [2.05, 4.69) is 26.1 Å². The standard InChI is InChI=1S/C20H30N2O4/c1-5-25-17-12-20(24,19(17,3)4)13-21-14(2)15-6-8-16(9-7-15)22-10-11-26-18(22)23/h6-9,14,17,21,24H,5,10-13H2,1-4H3/t14-,17+,20-/m0/s1. The molecule has 1 aromatic rings. The molecule has 6 heteroatoms. The van der Waals surface area contributed by atoms with Crippen LogP contribution in [0, 0.1) is 5.41 Å². The first-order chi connectivity index (χ1) is 12.3. The van der Waals surface area contributed by atoms with Gasteiger partial charge in [-0.1, -0.05) is 26.0 Å². The third-order valence-corrected chi connectivity index (χ3v) is 6.06. The minimum Gasteiger partial charge on any atom is -0.447 e. The number of aliphatic hydroxyl groups is 1. The highest BCUT2D eigenvalue weighted by Gasteiger charge is 2.59. The van der Waals surface area contributed by atoms with Gasteiger partial charge in [0.25, 0.3) is 0 Å². The maximum Gasteiger partial charge on any atom is 0.414 e. The van der Waals surface area contributed by atoms with E-state index in [-0.39, 0.29) is 23.7 Å². The molecular weight excluding hydrogens is 332 g/mol. The van der Waals surface area contributed by atoms with Gasteiger partial charge >= 0.3 is 6.09 Å². The number of hydrogen-bond donors (Lipinski definition) is 2. The highest BCUT2D eigenvalue weighted by Crippen LogP contribution is 2.51. The van der Waals surface area contributed by atoms with E-state index in [1.54, 1.807) is 4.90 Å². The molecule has 2 fully saturated rings. The van der Waals surface area contributed by atoms with Crippen molar-refractivity contribution in [3.63, 3.8) is 0 Å². The number of nitrogens with zero attached hydrogens (tertiary/aromatic N) is 1. The Balaban J connectivity index is 1.57. The molecule has 2 N–H and O–H groups in total. The molecule has 3 atom stereocenters. The second-order valence-electron chi connectivity index (χ2n) is 7.86. The number of nitrogens with one attached hydrogen (secondary N) is 1. The number of cyclic esters (lactones) is 1. The number of amides is 1. The van der Waals surface area contributed by atoms with Crippen molar-refractivity contribution < 1.29 is 19.4 Å². The lowest BCUT2D eigenvalue weighted by Gasteiger charge is -2.58. The molecule has 1 amide bonds. The molecule has 6 nitrogen and oxygen atoms in total. The van der Waals surface area contributed by atoms with Gasteiger partial charge in [-0.05, 0) is 31.5 Å². The molecule has 26 heavy (non-hydrogen) atoms. The van der Waals surface area contributed by atoms with Crippen LogP contribution in [0.25, 0.3) is 0 Å². The van der Waals surface area contributed by atoms with Gasteiger partial charge in [0.05, 0.1) is 18.2 Å². The van der Waals surface area contributed by atoms with E-state index < -0.39 is 5.60 Å². The van der Waals surface area contributed by atoms with E-state index >= 15 is 0 Å². The quantitative estimate of drug-likeness (QED) is 0.780. The zero-order chi connectivity index (χ0) is 18.9. The van der Waals surface area contributed by atoms with Gasteiger partial charge in [-0.2, -0.15) is 0 Å². The van der Waals surface area contributed by atoms with Crippen LogP contribution in [0.4, 0.5) is 10.5 Å². The molecule has 0 radical (unpaired) electrons. The lowest BCUT2D eigenvalue weighted by molar-refractivity contribution is -0.238. The molecule has 3 rings (SSSR count). The van der Waals surface area contributed by atoms with Gasteiger partial charge in [0.1, 0.15) is 6.61 Å². The van der Waals surface area contributed by atoms with Gasteiger partial charge in [0.15, 0.2) is 0 Å². The van der Waals surface area contributed by atoms with Crippen LogP contribution in [0.3, 0.4) is 0 Å². The summed E-state index contributed by atoms with van der Waals surface area (Å²) in [6.45, 7) is 10.4. The van der Waals surface area contributed by atoms with Gasteiger partial charge in [-0.3, -0.25) is 4.90 Å². The highest BCUT2D eigenvalue weighted by atomic mass is 16.6. The van der Waals surface area contributed by atoms with Gasteiger partial charge < -0.3 is 19.9 Å². The lowest BCUT2D eigenvalue weighted by Crippen LogP contribution is -2.68. The summed E-state index contributed by atoms with van der Waals surface area (Å²) in [4.78, 5) is 13.3. The normalized spacial score (nSPS) is 28.6. The summed E-state index contributed by atoms with van der Waals surface area (Å²) in [6, 6.07) is 8.00. The van der Waals surface area contributed by atoms with Crippen LogP contribution in [0.15, 0.2) is 24.3 Å². The predicted octanol–water partition coefficient (Wildman–Crippen LogP) is 2.86. The zero-order valence-electron chi connectivity index (χ0n) is 16.1. The van der Waals surface area contributed by atoms with Gasteiger partial charge in [0.2, 0.25) is 0 Å². The van der Waals surface area contributed by atoms with Gasteiger partial charge in [-0.15, -0.1) is 0 Å². The summed E-state index contributed by atoms with van der Waals surface area (Å²) in [5.74, 6) is 0. The van der Waals surface area contributed by atoms with Crippen molar-refractivity contribution in [2.75, 3.05) is 31.2 Å². The zero-order valence-corrected chi connectivity index (χ0v) is 16.1. The summed E-state index contributed by atoms with van der Waals surface area (Å²) in [7, 11) is 0. The molecule has 0 bridgehead atoms. The van der Waals surface area contributed by atoms with Crippen molar-refractivity contribution in [2.24, 2.45) is 5.41 Å². The van der Waals surface area contributed by atoms with Crippen molar-refractivity contribution in [3.8, 4) is 0 Å². The number of ether oxygens (including phenoxy) is 2. The molecule has 2 aliphatic rings. The first-order valence-corrected chi connectivity index (χ1v) is 9.40. The molecule has 144 valence electrons. The Labute approximate surface area is 155 Å². The fourth-order valence-electron chi connectivity index (χ4n) is 3.77. The Morgan fingerprint density at radius 2 is 2.08 bits per heavy atom. The van der Waals surface area contributed by atoms with E-state index in [1.165, 1.54) is 0 Å². The van der Waals surface area contributed by atoms with Crippen LogP contribution in [0.5, 0.6) is 0 Å². The van der Waals surface area contributed by atoms with Crippen LogP contribution in [0.2, 0.25) is 0 Å². The van der Waals surface area contributed by atoms with Gasteiger partial charge in [-0.25, -0.2) is 4.79 Å². The molecule has 0 unspecified atom stereocenters. The number of benzene rings is 1. The van der Waals surface area contributed by atoms with Crippen LogP contribution >= 0.6 is 0 Å². The summed E-state index contributed by atoms with van der Waals surface area (Å²) >= 11 is 0. The summed E-state index contributed by atoms with van der Waals surface area (Å²) in [5.41, 5.74) is 0.931. The minimum atomic E-state index is -0.764. The first-order valence-electron chi connectivity index (χ1n) is 9.40. The van der Waals surface area contributed by atoms with E-state index in [0.717, 1.165) is 11.3 Å². The lowest BCUT2D eigenvalue weighted by atomic mass is 9.56. The van der Waals surface area contributed by atoms with Crippen LogP contribution in [-0.2, 0) is 9.47 Å². The Kier molecular flexibility index (Phi) is 5.28. The third kappa shape index (κ3) is 3.33. The fraction of sp³-hybridized carbons (Fsp3) is 0.650. The summed E-state index contributed by atoms with van der Waals surface area (Å²) in [6.07, 6.45) is 0.472. The van der Waals surface area contributed by atoms with Crippen LogP contribution in [-0.4, -0.2) is 49.2 Å². The summed E-state index contributed by atoms with van der Waals surface area (Å²) in [5, 5.41) is 14.4. The second-order valence-corrected chi connectivity index (χ2v) is 7.86. The molecular formula is C20H30N2O4. The molecule has 1 aliphatic heterocycles. The Bertz CT molecular complexity index is 646. The first kappa shape index (κ1) is 19.1. The van der Waals surface area contributed by atoms with Crippen LogP contribution < -0.4 is 10.2 Å². The topological polar surface area (TPSA) is 71.0 Å². The monoisotopic (exact) mass is 362 g/mol. The van der Waals surface area contributed by atoms with E-state index in [0.29, 0.717) is 32.7 Å². The Hall–Kier alpha value is -1.63. The molecule has 1 heterocycles. The van der Waals surface area contributed by atoms with Crippen molar-refractivity contribution in [1.29, 1.82) is 0 Å². The molecule has 1 saturated carbocycles. The van der Waals surface area contributed by atoms with Crippen molar-refractivity contribution in [3.05, 3.63) is 29.8 Å². The Morgan fingerprint density at radius 3 is 2.62 bits per heavy atom. The van der Waals surface area contributed by atoms with Gasteiger partial charge in [0, 0.05) is 36.7 Å². The summed E-state index contributed by atoms with van der Waals surface area (Å²) < 4.78 is 10.7. The Morgan fingerprint density at radius 1 is 1.38 bits per heavy atom. The fourth-order valence-corrected chi connectivity index (χ4v) is 3.77. The highest BCUT2D eigenvalue weighted by molar-refractivity contribution is 5.89. The second kappa shape index (κ2) is 7.18. The largest absolute Gasteiger partial charge is 0.447 e. The average molecular weight is 362 g/mol.